The van der Waals surface area contributed by atoms with Crippen LogP contribution in [0.1, 0.15) is 26.7 Å². The molecule has 1 fully saturated rings. The normalized spacial score (nSPS) is 12.9. The molecule has 0 amide bonds. The van der Waals surface area contributed by atoms with Gasteiger partial charge in [0, 0.05) is 5.92 Å². The molecule has 0 bridgehead atoms. The minimum absolute atomic E-state index is 0.451. The summed E-state index contributed by atoms with van der Waals surface area (Å²) in [7, 11) is 3.96. The van der Waals surface area contributed by atoms with Crippen molar-refractivity contribution in [1.82, 2.24) is 5.32 Å². The van der Waals surface area contributed by atoms with Crippen LogP contribution in [0, 0.1) is 18.8 Å². The van der Waals surface area contributed by atoms with E-state index in [1.165, 1.54) is 25.9 Å². The summed E-state index contributed by atoms with van der Waals surface area (Å²) in [5.74, 6) is 0.451. The van der Waals surface area contributed by atoms with Gasteiger partial charge in [-0.3, -0.25) is 0 Å². The van der Waals surface area contributed by atoms with E-state index >= 15 is 0 Å². The highest BCUT2D eigenvalue weighted by atomic mass is 15.0. The second-order valence-corrected chi connectivity index (χ2v) is 4.42. The van der Waals surface area contributed by atoms with Crippen LogP contribution in [0.15, 0.2) is 12.3 Å². The number of rotatable bonds is 2. The van der Waals surface area contributed by atoms with Crippen molar-refractivity contribution in [2.75, 3.05) is 27.2 Å². The van der Waals surface area contributed by atoms with Crippen LogP contribution in [0.2, 0.25) is 0 Å². The summed E-state index contributed by atoms with van der Waals surface area (Å²) >= 11 is 0. The Kier molecular flexibility index (Phi) is 12.0. The van der Waals surface area contributed by atoms with Gasteiger partial charge in [-0.1, -0.05) is 20.4 Å². The lowest BCUT2D eigenvalue weighted by Gasteiger charge is -2.05. The Morgan fingerprint density at radius 2 is 1.65 bits per heavy atom. The van der Waals surface area contributed by atoms with Crippen LogP contribution in [0.3, 0.4) is 0 Å². The van der Waals surface area contributed by atoms with Gasteiger partial charge in [0.05, 0.1) is 5.70 Å². The molecule has 0 atom stereocenters. The molecule has 1 heterocycles. The van der Waals surface area contributed by atoms with E-state index in [0.717, 1.165) is 5.71 Å². The molecule has 98 valence electrons. The molecule has 0 spiro atoms. The first-order valence-corrected chi connectivity index (χ1v) is 5.99. The fourth-order valence-electron chi connectivity index (χ4n) is 1.80. The van der Waals surface area contributed by atoms with Gasteiger partial charge in [0.15, 0.2) is 0 Å². The van der Waals surface area contributed by atoms with Crippen molar-refractivity contribution in [3.8, 4) is 12.8 Å². The smallest absolute Gasteiger partial charge is 0.200 e. The minimum Gasteiger partial charge on any atom is -0.394 e. The van der Waals surface area contributed by atoms with E-state index < -0.39 is 0 Å². The first kappa shape index (κ1) is 18.1. The maximum atomic E-state index is 5.57. The Bertz CT molecular complexity index is 246. The average Bonchev–Trinajstić information content (AvgIpc) is 2.76. The Labute approximate surface area is 107 Å². The lowest BCUT2D eigenvalue weighted by Crippen LogP contribution is -2.25. The zero-order valence-corrected chi connectivity index (χ0v) is 11.8. The van der Waals surface area contributed by atoms with Gasteiger partial charge in [0.25, 0.3) is 0 Å². The molecule has 1 aliphatic heterocycles. The van der Waals surface area contributed by atoms with Crippen LogP contribution in [0.4, 0.5) is 0 Å². The van der Waals surface area contributed by atoms with Crippen molar-refractivity contribution < 1.29 is 4.58 Å². The van der Waals surface area contributed by atoms with Crippen LogP contribution in [-0.4, -0.2) is 37.5 Å². The van der Waals surface area contributed by atoms with E-state index in [2.05, 4.69) is 38.6 Å². The molecule has 0 unspecified atom stereocenters. The quantitative estimate of drug-likeness (QED) is 0.434. The molecule has 0 aromatic rings. The number of terminal acetylenes is 1. The summed E-state index contributed by atoms with van der Waals surface area (Å²) in [5.41, 5.74) is 7.34. The molecule has 1 aliphatic rings. The van der Waals surface area contributed by atoms with Crippen molar-refractivity contribution in [3.63, 3.8) is 0 Å². The maximum absolute atomic E-state index is 5.57. The maximum Gasteiger partial charge on any atom is 0.200 e. The number of nitrogens with one attached hydrogen (secondary N) is 1. The summed E-state index contributed by atoms with van der Waals surface area (Å²) < 4.78 is 2.01. The fourth-order valence-corrected chi connectivity index (χ4v) is 1.80. The van der Waals surface area contributed by atoms with E-state index in [0.29, 0.717) is 11.6 Å². The van der Waals surface area contributed by atoms with E-state index in [-0.39, 0.29) is 0 Å². The molecule has 0 aromatic carbocycles. The standard InChI is InChI=1S/C8H17N2.C4H9N.C2H2/c1-6(2)8(7(3)9)10(4)5;1-2-4-5-3-1;1-2/h6H,3,9H2,1-2,4-5H3;5H,1-4H2;1-2H/q+1;;. The van der Waals surface area contributed by atoms with Crippen LogP contribution < -0.4 is 11.1 Å². The van der Waals surface area contributed by atoms with Gasteiger partial charge < -0.3 is 11.1 Å². The van der Waals surface area contributed by atoms with Gasteiger partial charge in [-0.2, -0.15) is 0 Å². The molecule has 0 radical (unpaired) electrons. The molecule has 17 heavy (non-hydrogen) atoms. The first-order valence-electron chi connectivity index (χ1n) is 5.99. The summed E-state index contributed by atoms with van der Waals surface area (Å²) in [6.07, 6.45) is 10.8. The Hall–Kier alpha value is -1.27. The molecule has 3 nitrogen and oxygen atoms in total. The number of hydrogen-bond acceptors (Lipinski definition) is 2. The highest BCUT2D eigenvalue weighted by Gasteiger charge is 2.13. The van der Waals surface area contributed by atoms with Crippen molar-refractivity contribution >= 4 is 5.71 Å². The molecular formula is C14H28N3+. The van der Waals surface area contributed by atoms with E-state index in [9.17, 15) is 0 Å². The predicted molar refractivity (Wildman–Crippen MR) is 77.3 cm³/mol. The lowest BCUT2D eigenvalue weighted by atomic mass is 10.1. The fraction of sp³-hybridized carbons (Fsp3) is 0.643. The summed E-state index contributed by atoms with van der Waals surface area (Å²) in [4.78, 5) is 0. The van der Waals surface area contributed by atoms with Crippen LogP contribution in [-0.2, 0) is 0 Å². The first-order chi connectivity index (χ1) is 7.96. The molecule has 1 rings (SSSR count). The topological polar surface area (TPSA) is 41.1 Å². The summed E-state index contributed by atoms with van der Waals surface area (Å²) in [6, 6.07) is 0. The third kappa shape index (κ3) is 9.65. The summed E-state index contributed by atoms with van der Waals surface area (Å²) in [6.45, 7) is 10.4. The highest BCUT2D eigenvalue weighted by molar-refractivity contribution is 5.96. The van der Waals surface area contributed by atoms with Crippen molar-refractivity contribution in [3.05, 3.63) is 12.3 Å². The monoisotopic (exact) mass is 238 g/mol. The lowest BCUT2D eigenvalue weighted by molar-refractivity contribution is -0.466. The van der Waals surface area contributed by atoms with Crippen molar-refractivity contribution in [2.24, 2.45) is 11.7 Å². The Morgan fingerprint density at radius 3 is 1.71 bits per heavy atom. The zero-order chi connectivity index (χ0) is 13.8. The van der Waals surface area contributed by atoms with Crippen molar-refractivity contribution in [1.29, 1.82) is 0 Å². The molecule has 0 aromatic heterocycles. The highest BCUT2D eigenvalue weighted by Crippen LogP contribution is 2.00. The van der Waals surface area contributed by atoms with Crippen LogP contribution >= 0.6 is 0 Å². The summed E-state index contributed by atoms with van der Waals surface area (Å²) in [5, 5.41) is 3.22. The van der Waals surface area contributed by atoms with Gasteiger partial charge in [-0.15, -0.1) is 12.8 Å². The minimum atomic E-state index is 0.451. The SMILES string of the molecule is C#C.C1CCNC1.C=C(N)C(C(C)C)=[N+](C)C. The van der Waals surface area contributed by atoms with Crippen molar-refractivity contribution in [2.45, 2.75) is 26.7 Å². The second kappa shape index (κ2) is 11.2. The Morgan fingerprint density at radius 1 is 1.24 bits per heavy atom. The molecule has 0 saturated carbocycles. The molecule has 0 aliphatic carbocycles. The van der Waals surface area contributed by atoms with Gasteiger partial charge in [0.2, 0.25) is 5.71 Å². The number of nitrogens with two attached hydrogens (primary N) is 1. The molecule has 1 saturated heterocycles. The van der Waals surface area contributed by atoms with Crippen LogP contribution in [0.25, 0.3) is 0 Å². The van der Waals surface area contributed by atoms with E-state index in [4.69, 9.17) is 5.73 Å². The van der Waals surface area contributed by atoms with Crippen LogP contribution in [0.5, 0.6) is 0 Å². The molecule has 3 heteroatoms. The third-order valence-corrected chi connectivity index (χ3v) is 2.31. The van der Waals surface area contributed by atoms with Gasteiger partial charge >= 0.3 is 0 Å². The Balaban J connectivity index is 0. The van der Waals surface area contributed by atoms with Gasteiger partial charge in [-0.25, -0.2) is 4.58 Å². The molecule has 3 N–H and O–H groups in total. The number of nitrogens with zero attached hydrogens (tertiary/aromatic N) is 1. The van der Waals surface area contributed by atoms with E-state index in [1.54, 1.807) is 0 Å². The molecular weight excluding hydrogens is 210 g/mol. The third-order valence-electron chi connectivity index (χ3n) is 2.31. The van der Waals surface area contributed by atoms with Gasteiger partial charge in [0.1, 0.15) is 14.1 Å². The number of allylic oxidation sites excluding steroid dienone is 1. The predicted octanol–water partition coefficient (Wildman–Crippen LogP) is 1.45. The largest absolute Gasteiger partial charge is 0.394 e. The van der Waals surface area contributed by atoms with Gasteiger partial charge in [-0.05, 0) is 25.9 Å². The van der Waals surface area contributed by atoms with E-state index in [1.807, 2.05) is 18.7 Å². The number of hydrogen-bond donors (Lipinski definition) is 2. The average molecular weight is 238 g/mol. The zero-order valence-electron chi connectivity index (χ0n) is 11.8. The second-order valence-electron chi connectivity index (χ2n) is 4.42.